The normalized spacial score (nSPS) is 24.2. The van der Waals surface area contributed by atoms with E-state index >= 15 is 0 Å². The molecule has 2 aliphatic rings. The number of nitrogens with zero attached hydrogens (tertiary/aromatic N) is 3. The van der Waals surface area contributed by atoms with Gasteiger partial charge in [0.1, 0.15) is 6.54 Å². The third kappa shape index (κ3) is 2.07. The van der Waals surface area contributed by atoms with E-state index in [0.29, 0.717) is 11.6 Å². The van der Waals surface area contributed by atoms with Crippen LogP contribution in [0, 0.1) is 13.8 Å². The summed E-state index contributed by atoms with van der Waals surface area (Å²) < 4.78 is 1.42. The molecule has 2 unspecified atom stereocenters. The number of amides is 1. The highest BCUT2D eigenvalue weighted by Gasteiger charge is 2.36. The lowest BCUT2D eigenvalue weighted by atomic mass is 10.1. The van der Waals surface area contributed by atoms with Crippen molar-refractivity contribution >= 4 is 5.91 Å². The average molecular weight is 273 g/mol. The first-order valence-electron chi connectivity index (χ1n) is 7.08. The Morgan fingerprint density at radius 1 is 1.40 bits per heavy atom. The van der Waals surface area contributed by atoms with Gasteiger partial charge in [0.2, 0.25) is 5.91 Å². The topological polar surface area (TPSA) is 55.2 Å². The second-order valence-electron chi connectivity index (χ2n) is 5.65. The van der Waals surface area contributed by atoms with Crippen molar-refractivity contribution in [3.8, 4) is 0 Å². The van der Waals surface area contributed by atoms with E-state index in [9.17, 15) is 9.59 Å². The van der Waals surface area contributed by atoms with Gasteiger partial charge >= 0.3 is 0 Å². The minimum absolute atomic E-state index is 0.0222. The summed E-state index contributed by atoms with van der Waals surface area (Å²) >= 11 is 0. The number of carbonyl (C=O) groups excluding carboxylic acids is 1. The van der Waals surface area contributed by atoms with Crippen LogP contribution in [0.2, 0.25) is 0 Å². The van der Waals surface area contributed by atoms with Gasteiger partial charge < -0.3 is 4.90 Å². The Balaban J connectivity index is 1.82. The first-order valence-corrected chi connectivity index (χ1v) is 7.08. The molecule has 0 spiro atoms. The van der Waals surface area contributed by atoms with E-state index < -0.39 is 0 Å². The maximum Gasteiger partial charge on any atom is 0.256 e. The highest BCUT2D eigenvalue weighted by Crippen LogP contribution is 2.31. The predicted octanol–water partition coefficient (Wildman–Crippen LogP) is 1.18. The van der Waals surface area contributed by atoms with E-state index in [1.807, 2.05) is 4.90 Å². The molecular formula is C15H19N3O2. The lowest BCUT2D eigenvalue weighted by molar-refractivity contribution is -0.134. The van der Waals surface area contributed by atoms with Crippen molar-refractivity contribution in [3.05, 3.63) is 40.1 Å². The first kappa shape index (κ1) is 13.1. The van der Waals surface area contributed by atoms with Crippen LogP contribution in [-0.2, 0) is 11.3 Å². The van der Waals surface area contributed by atoms with Crippen LogP contribution in [-0.4, -0.2) is 32.4 Å². The zero-order valence-corrected chi connectivity index (χ0v) is 11.9. The molecule has 0 aromatic carbocycles. The van der Waals surface area contributed by atoms with E-state index in [0.717, 1.165) is 25.0 Å². The molecule has 1 fully saturated rings. The zero-order chi connectivity index (χ0) is 14.3. The summed E-state index contributed by atoms with van der Waals surface area (Å²) in [6, 6.07) is 0.532. The van der Waals surface area contributed by atoms with Crippen molar-refractivity contribution in [2.45, 2.75) is 51.7 Å². The summed E-state index contributed by atoms with van der Waals surface area (Å²) in [5.74, 6) is 0.0222. The molecule has 1 amide bonds. The van der Waals surface area contributed by atoms with E-state index in [2.05, 4.69) is 17.1 Å². The van der Waals surface area contributed by atoms with Gasteiger partial charge in [0.15, 0.2) is 0 Å². The van der Waals surface area contributed by atoms with Gasteiger partial charge in [-0.15, -0.1) is 0 Å². The van der Waals surface area contributed by atoms with Crippen molar-refractivity contribution in [1.82, 2.24) is 14.5 Å². The second-order valence-corrected chi connectivity index (χ2v) is 5.65. The minimum Gasteiger partial charge on any atom is -0.331 e. The second kappa shape index (κ2) is 4.89. The summed E-state index contributed by atoms with van der Waals surface area (Å²) in [5, 5.41) is 0. The monoisotopic (exact) mass is 273 g/mol. The Kier molecular flexibility index (Phi) is 3.20. The standard InChI is InChI=1S/C15H19N3O2/c1-10-11(2)16-9-17(15(10)20)8-14(19)18-12-4-3-5-13(18)7-6-12/h3-4,9,12-13H,5-8H2,1-2H3. The summed E-state index contributed by atoms with van der Waals surface area (Å²) in [5.41, 5.74) is 1.22. The van der Waals surface area contributed by atoms with Crippen LogP contribution < -0.4 is 5.56 Å². The van der Waals surface area contributed by atoms with Gasteiger partial charge in [-0.3, -0.25) is 14.2 Å². The minimum atomic E-state index is -0.120. The van der Waals surface area contributed by atoms with Crippen LogP contribution in [0.1, 0.15) is 30.5 Å². The van der Waals surface area contributed by atoms with Crippen LogP contribution in [0.5, 0.6) is 0 Å². The lowest BCUT2D eigenvalue weighted by Gasteiger charge is -2.31. The van der Waals surface area contributed by atoms with Gasteiger partial charge in [-0.1, -0.05) is 12.2 Å². The lowest BCUT2D eigenvalue weighted by Crippen LogP contribution is -2.45. The van der Waals surface area contributed by atoms with Crippen LogP contribution in [0.4, 0.5) is 0 Å². The van der Waals surface area contributed by atoms with Crippen molar-refractivity contribution < 1.29 is 4.79 Å². The van der Waals surface area contributed by atoms with Gasteiger partial charge in [-0.2, -0.15) is 0 Å². The highest BCUT2D eigenvalue weighted by atomic mass is 16.2. The zero-order valence-electron chi connectivity index (χ0n) is 11.9. The molecule has 1 aromatic heterocycles. The molecule has 2 aliphatic heterocycles. The molecule has 0 N–H and O–H groups in total. The third-order valence-electron chi connectivity index (χ3n) is 4.42. The Morgan fingerprint density at radius 3 is 2.95 bits per heavy atom. The van der Waals surface area contributed by atoms with Crippen LogP contribution >= 0.6 is 0 Å². The molecule has 2 atom stereocenters. The SMILES string of the molecule is Cc1ncn(CC(=O)N2C3C=CCC2CC3)c(=O)c1C. The number of hydrogen-bond donors (Lipinski definition) is 0. The molecule has 0 aliphatic carbocycles. The molecule has 5 nitrogen and oxygen atoms in total. The number of hydrogen-bond acceptors (Lipinski definition) is 3. The number of rotatable bonds is 2. The smallest absolute Gasteiger partial charge is 0.256 e. The molecule has 1 saturated heterocycles. The van der Waals surface area contributed by atoms with Crippen molar-refractivity contribution in [3.63, 3.8) is 0 Å². The fraction of sp³-hybridized carbons (Fsp3) is 0.533. The molecule has 5 heteroatoms. The number of aryl methyl sites for hydroxylation is 1. The molecule has 0 saturated carbocycles. The van der Waals surface area contributed by atoms with Crippen LogP contribution in [0.3, 0.4) is 0 Å². The average Bonchev–Trinajstić information content (AvgIpc) is 2.69. The highest BCUT2D eigenvalue weighted by molar-refractivity contribution is 5.77. The van der Waals surface area contributed by atoms with Crippen molar-refractivity contribution in [2.24, 2.45) is 0 Å². The Labute approximate surface area is 117 Å². The molecule has 20 heavy (non-hydrogen) atoms. The molecule has 106 valence electrons. The van der Waals surface area contributed by atoms with Gasteiger partial charge in [0.25, 0.3) is 5.56 Å². The van der Waals surface area contributed by atoms with E-state index in [4.69, 9.17) is 0 Å². The predicted molar refractivity (Wildman–Crippen MR) is 75.4 cm³/mol. The fourth-order valence-electron chi connectivity index (χ4n) is 3.13. The van der Waals surface area contributed by atoms with Gasteiger partial charge in [0.05, 0.1) is 12.4 Å². The van der Waals surface area contributed by atoms with Crippen LogP contribution in [0.25, 0.3) is 0 Å². The van der Waals surface area contributed by atoms with Crippen molar-refractivity contribution in [2.75, 3.05) is 0 Å². The van der Waals surface area contributed by atoms with E-state index in [-0.39, 0.29) is 24.1 Å². The molecular weight excluding hydrogens is 254 g/mol. The summed E-state index contributed by atoms with van der Waals surface area (Å²) in [6.07, 6.45) is 8.78. The van der Waals surface area contributed by atoms with Gasteiger partial charge in [-0.25, -0.2) is 4.98 Å². The number of carbonyl (C=O) groups is 1. The first-order chi connectivity index (χ1) is 9.58. The molecule has 3 heterocycles. The summed E-state index contributed by atoms with van der Waals surface area (Å²) in [6.45, 7) is 3.64. The van der Waals surface area contributed by atoms with Crippen molar-refractivity contribution in [1.29, 1.82) is 0 Å². The molecule has 2 bridgehead atoms. The largest absolute Gasteiger partial charge is 0.331 e. The Morgan fingerprint density at radius 2 is 2.20 bits per heavy atom. The molecule has 0 radical (unpaired) electrons. The Hall–Kier alpha value is -1.91. The van der Waals surface area contributed by atoms with E-state index in [1.54, 1.807) is 13.8 Å². The Bertz CT molecular complexity index is 632. The molecule has 1 aromatic rings. The van der Waals surface area contributed by atoms with E-state index in [1.165, 1.54) is 10.9 Å². The van der Waals surface area contributed by atoms with Crippen LogP contribution in [0.15, 0.2) is 23.3 Å². The fourth-order valence-corrected chi connectivity index (χ4v) is 3.13. The third-order valence-corrected chi connectivity index (χ3v) is 4.42. The van der Waals surface area contributed by atoms with Gasteiger partial charge in [0, 0.05) is 17.3 Å². The maximum absolute atomic E-state index is 12.5. The quantitative estimate of drug-likeness (QED) is 0.760. The molecule has 3 rings (SSSR count). The number of fused-ring (bicyclic) bond motifs is 2. The summed E-state index contributed by atoms with van der Waals surface area (Å²) in [4.78, 5) is 30.7. The maximum atomic E-state index is 12.5. The summed E-state index contributed by atoms with van der Waals surface area (Å²) in [7, 11) is 0. The van der Waals surface area contributed by atoms with Gasteiger partial charge in [-0.05, 0) is 33.1 Å². The number of aromatic nitrogens is 2.